The lowest BCUT2D eigenvalue weighted by molar-refractivity contribution is 0.613. The molecule has 0 saturated heterocycles. The van der Waals surface area contributed by atoms with Crippen LogP contribution in [-0.2, 0) is 16.5 Å². The van der Waals surface area contributed by atoms with Crippen LogP contribution in [0, 0.1) is 0 Å². The van der Waals surface area contributed by atoms with Crippen molar-refractivity contribution >= 4 is 83.8 Å². The summed E-state index contributed by atoms with van der Waals surface area (Å²) in [4.78, 5) is 0. The standard InChI is InChI=1S/C3H14OSi3.3C3H12OSi2/c1-7(2,3)4-6-5;3*1-6(2,3)4-5/h6H2,1-3,5H3;3*1-3,5H3. The van der Waals surface area contributed by atoms with Crippen LogP contribution in [0.4, 0.5) is 0 Å². The van der Waals surface area contributed by atoms with Crippen LogP contribution in [-0.4, -0.2) is 83.8 Å². The Morgan fingerprint density at radius 1 is 0.480 bits per heavy atom. The van der Waals surface area contributed by atoms with Crippen LogP contribution in [0.5, 0.6) is 0 Å². The Balaban J connectivity index is -0.000000118. The van der Waals surface area contributed by atoms with Gasteiger partial charge in [-0.1, -0.05) is 0 Å². The van der Waals surface area contributed by atoms with Gasteiger partial charge in [0.25, 0.3) is 0 Å². The van der Waals surface area contributed by atoms with E-state index >= 15 is 0 Å². The highest BCUT2D eigenvalue weighted by molar-refractivity contribution is 6.91. The van der Waals surface area contributed by atoms with Gasteiger partial charge >= 0.3 is 0 Å². The SMILES string of the molecule is C[Si](C)(C)O[SiH2][SiH3].C[Si](C)(C)O[SiH3].C[Si](C)(C)O[SiH3].C[Si](C)(C)O[SiH3]. The first-order valence-electron chi connectivity index (χ1n) is 9.04. The molecule has 0 aromatic rings. The van der Waals surface area contributed by atoms with E-state index in [0.29, 0.717) is 0 Å². The topological polar surface area (TPSA) is 36.9 Å². The van der Waals surface area contributed by atoms with Crippen molar-refractivity contribution in [3.8, 4) is 0 Å². The van der Waals surface area contributed by atoms with Crippen LogP contribution in [0.25, 0.3) is 0 Å². The zero-order valence-corrected chi connectivity index (χ0v) is 33.8. The van der Waals surface area contributed by atoms with E-state index in [1.165, 1.54) is 9.76 Å². The molecule has 0 amide bonds. The monoisotopic (exact) mass is 510 g/mol. The zero-order chi connectivity index (χ0) is 21.5. The summed E-state index contributed by atoms with van der Waals surface area (Å²) in [6.07, 6.45) is 0. The first-order valence-corrected chi connectivity index (χ1v) is 31.4. The van der Waals surface area contributed by atoms with E-state index in [4.69, 9.17) is 16.5 Å². The molecule has 0 unspecified atom stereocenters. The summed E-state index contributed by atoms with van der Waals surface area (Å²) in [5, 5.41) is 0. The van der Waals surface area contributed by atoms with Crippen LogP contribution < -0.4 is 0 Å². The molecule has 0 heterocycles. The number of hydrogen-bond acceptors (Lipinski definition) is 4. The van der Waals surface area contributed by atoms with Gasteiger partial charge in [0.1, 0.15) is 40.7 Å². The molecule has 0 rings (SSSR count). The Kier molecular flexibility index (Phi) is 22.9. The lowest BCUT2D eigenvalue weighted by atomic mass is 11.8. The van der Waals surface area contributed by atoms with Crippen molar-refractivity contribution in [3.05, 3.63) is 0 Å². The van der Waals surface area contributed by atoms with Crippen LogP contribution in [0.15, 0.2) is 0 Å². The molecule has 0 atom stereocenters. The van der Waals surface area contributed by atoms with E-state index < -0.39 is 33.3 Å². The average molecular weight is 511 g/mol. The van der Waals surface area contributed by atoms with E-state index in [1.807, 2.05) is 0 Å². The smallest absolute Gasteiger partial charge is 0.169 e. The molecule has 0 N–H and O–H groups in total. The predicted molar refractivity (Wildman–Crippen MR) is 146 cm³/mol. The molecule has 0 aromatic heterocycles. The summed E-state index contributed by atoms with van der Waals surface area (Å²) in [5.74, 6) is 0. The Morgan fingerprint density at radius 3 is 0.640 bits per heavy atom. The largest absolute Gasteiger partial charge is 0.464 e. The average Bonchev–Trinajstić information content (AvgIpc) is 2.37. The molecule has 0 radical (unpaired) electrons. The van der Waals surface area contributed by atoms with Gasteiger partial charge in [-0.25, -0.2) is 0 Å². The van der Waals surface area contributed by atoms with Crippen molar-refractivity contribution < 1.29 is 16.5 Å². The van der Waals surface area contributed by atoms with E-state index in [9.17, 15) is 0 Å². The Morgan fingerprint density at radius 2 is 0.640 bits per heavy atom. The summed E-state index contributed by atoms with van der Waals surface area (Å²) in [6.45, 7) is 26.5. The fraction of sp³-hybridized carbons (Fsp3) is 1.00. The molecule has 0 aromatic carbocycles. The number of rotatable bonds is 5. The highest BCUT2D eigenvalue weighted by Gasteiger charge is 2.10. The Bertz CT molecular complexity index is 247. The van der Waals surface area contributed by atoms with Crippen molar-refractivity contribution in [1.29, 1.82) is 0 Å². The fourth-order valence-electron chi connectivity index (χ4n) is 0.433. The van der Waals surface area contributed by atoms with E-state index in [0.717, 1.165) is 31.5 Å². The molecule has 0 aliphatic carbocycles. The lowest BCUT2D eigenvalue weighted by Crippen LogP contribution is -2.27. The molecular weight excluding hydrogens is 461 g/mol. The maximum absolute atomic E-state index is 5.57. The van der Waals surface area contributed by atoms with Crippen LogP contribution >= 0.6 is 0 Å². The normalized spacial score (nSPS) is 13.0. The minimum Gasteiger partial charge on any atom is -0.464 e. The summed E-state index contributed by atoms with van der Waals surface area (Å²) in [5.41, 5.74) is 0. The molecule has 0 aliphatic heterocycles. The molecule has 0 saturated carbocycles. The predicted octanol–water partition coefficient (Wildman–Crippen LogP) is -0.443. The molecule has 4 nitrogen and oxygen atoms in total. The Labute approximate surface area is 178 Å². The molecule has 0 spiro atoms. The third-order valence-electron chi connectivity index (χ3n) is 2.41. The van der Waals surface area contributed by atoms with Crippen molar-refractivity contribution in [2.75, 3.05) is 0 Å². The van der Waals surface area contributed by atoms with Crippen LogP contribution in [0.2, 0.25) is 78.6 Å². The molecule has 158 valence electrons. The lowest BCUT2D eigenvalue weighted by Gasteiger charge is -2.14. The quantitative estimate of drug-likeness (QED) is 0.470. The summed E-state index contributed by atoms with van der Waals surface area (Å²) < 4.78 is 21.2. The molecule has 0 fully saturated rings. The van der Waals surface area contributed by atoms with Crippen LogP contribution in [0.3, 0.4) is 0 Å². The van der Waals surface area contributed by atoms with Crippen LogP contribution in [0.1, 0.15) is 0 Å². The van der Waals surface area contributed by atoms with Gasteiger partial charge in [0.15, 0.2) is 33.3 Å². The Hall–Kier alpha value is 1.79. The molecule has 0 bridgehead atoms. The van der Waals surface area contributed by atoms with Gasteiger partial charge in [-0.15, -0.1) is 0 Å². The highest BCUT2D eigenvalue weighted by Crippen LogP contribution is 1.99. The third kappa shape index (κ3) is 66.7. The van der Waals surface area contributed by atoms with Gasteiger partial charge in [-0.3, -0.25) is 0 Å². The third-order valence-corrected chi connectivity index (χ3v) is 24.3. The van der Waals surface area contributed by atoms with Crippen molar-refractivity contribution in [3.63, 3.8) is 0 Å². The van der Waals surface area contributed by atoms with Gasteiger partial charge in [0, 0.05) is 9.76 Å². The second-order valence-corrected chi connectivity index (χ2v) is 34.8. The van der Waals surface area contributed by atoms with Crippen molar-refractivity contribution in [2.24, 2.45) is 0 Å². The van der Waals surface area contributed by atoms with E-state index in [-0.39, 0.29) is 9.28 Å². The minimum atomic E-state index is -1.07. The maximum Gasteiger partial charge on any atom is 0.169 e. The zero-order valence-electron chi connectivity index (χ0n) is 20.3. The first kappa shape index (κ1) is 34.3. The van der Waals surface area contributed by atoms with Crippen molar-refractivity contribution in [1.82, 2.24) is 0 Å². The molecule has 13 heteroatoms. The van der Waals surface area contributed by atoms with Crippen molar-refractivity contribution in [2.45, 2.75) is 78.6 Å². The highest BCUT2D eigenvalue weighted by atomic mass is 29.1. The molecule has 25 heavy (non-hydrogen) atoms. The summed E-state index contributed by atoms with van der Waals surface area (Å²) in [6, 6.07) is 0. The van der Waals surface area contributed by atoms with Gasteiger partial charge < -0.3 is 16.5 Å². The molecule has 0 aliphatic rings. The van der Waals surface area contributed by atoms with Gasteiger partial charge in [-0.2, -0.15) is 0 Å². The van der Waals surface area contributed by atoms with Gasteiger partial charge in [-0.05, 0) is 78.6 Å². The first-order chi connectivity index (χ1) is 10.7. The number of hydrogen-bond donors (Lipinski definition) is 0. The van der Waals surface area contributed by atoms with E-state index in [2.05, 4.69) is 78.6 Å². The maximum atomic E-state index is 5.57. The minimum absolute atomic E-state index is 0.0104. The van der Waals surface area contributed by atoms with Gasteiger partial charge in [0.05, 0.1) is 0 Å². The second kappa shape index (κ2) is 16.7. The second-order valence-electron chi connectivity index (χ2n) is 9.49. The summed E-state index contributed by atoms with van der Waals surface area (Å²) >= 11 is 0. The van der Waals surface area contributed by atoms with E-state index in [1.54, 1.807) is 0 Å². The molecular formula is C12H50O4Si9. The van der Waals surface area contributed by atoms with Gasteiger partial charge in [0.2, 0.25) is 0 Å². The fourth-order valence-corrected chi connectivity index (χ4v) is 11.7. The summed E-state index contributed by atoms with van der Waals surface area (Å²) in [7, 11) is -0.208.